The number of carbonyl (C=O) groups excluding carboxylic acids is 1. The summed E-state index contributed by atoms with van der Waals surface area (Å²) in [5.74, 6) is 1.82. The second kappa shape index (κ2) is 2.95. The van der Waals surface area contributed by atoms with Crippen molar-refractivity contribution in [3.63, 3.8) is 0 Å². The molecule has 0 aliphatic carbocycles. The van der Waals surface area contributed by atoms with Crippen LogP contribution in [0.2, 0.25) is 0 Å². The second-order valence-electron chi connectivity index (χ2n) is 1.96. The molecule has 0 aliphatic rings. The van der Waals surface area contributed by atoms with Crippen LogP contribution in [0.4, 0.5) is 0 Å². The minimum atomic E-state index is 0.613. The van der Waals surface area contributed by atoms with E-state index >= 15 is 0 Å². The van der Waals surface area contributed by atoms with Crippen molar-refractivity contribution >= 4 is 11.5 Å². The van der Waals surface area contributed by atoms with Gasteiger partial charge in [-0.2, -0.15) is 0 Å². The molecule has 0 bridgehead atoms. The number of aromatic nitrogens is 1. The summed E-state index contributed by atoms with van der Waals surface area (Å²) >= 11 is 0. The summed E-state index contributed by atoms with van der Waals surface area (Å²) in [6.45, 7) is 1.72. The molecule has 1 heterocycles. The van der Waals surface area contributed by atoms with Crippen molar-refractivity contribution in [3.8, 4) is 0 Å². The van der Waals surface area contributed by atoms with Crippen molar-refractivity contribution < 1.29 is 4.79 Å². The maximum absolute atomic E-state index is 10.1. The average molecular weight is 133 g/mol. The number of pyridine rings is 1. The molecule has 0 spiro atoms. The van der Waals surface area contributed by atoms with Gasteiger partial charge in [-0.3, -0.25) is 4.98 Å². The first-order valence-electron chi connectivity index (χ1n) is 2.96. The zero-order valence-electron chi connectivity index (χ0n) is 5.66. The number of hydrogen-bond donors (Lipinski definition) is 0. The lowest BCUT2D eigenvalue weighted by molar-refractivity contribution is 0.569. The highest BCUT2D eigenvalue weighted by Gasteiger charge is 1.91. The van der Waals surface area contributed by atoms with Crippen molar-refractivity contribution in [1.29, 1.82) is 0 Å². The molecular formula is C8H7NO. The molecule has 0 fully saturated rings. The molecule has 0 amide bonds. The summed E-state index contributed by atoms with van der Waals surface area (Å²) in [6.07, 6.45) is 3.30. The van der Waals surface area contributed by atoms with E-state index in [9.17, 15) is 4.79 Å². The Labute approximate surface area is 59.2 Å². The third kappa shape index (κ3) is 1.30. The minimum Gasteiger partial charge on any atom is -0.265 e. The van der Waals surface area contributed by atoms with E-state index in [1.54, 1.807) is 31.5 Å². The molecule has 0 aromatic carbocycles. The van der Waals surface area contributed by atoms with E-state index in [0.717, 1.165) is 5.56 Å². The summed E-state index contributed by atoms with van der Waals surface area (Å²) in [5.41, 5.74) is 1.49. The Hall–Kier alpha value is -1.40. The fourth-order valence-electron chi connectivity index (χ4n) is 0.661. The molecule has 1 aromatic rings. The Morgan fingerprint density at radius 2 is 2.10 bits per heavy atom. The molecule has 10 heavy (non-hydrogen) atoms. The molecule has 0 saturated carbocycles. The maximum atomic E-state index is 10.1. The molecule has 0 unspecified atom stereocenters. The number of rotatable bonds is 1. The van der Waals surface area contributed by atoms with Crippen molar-refractivity contribution in [3.05, 3.63) is 30.1 Å². The normalized spacial score (nSPS) is 8.50. The zero-order chi connectivity index (χ0) is 7.40. The van der Waals surface area contributed by atoms with Gasteiger partial charge in [0.1, 0.15) is 5.94 Å². The highest BCUT2D eigenvalue weighted by atomic mass is 16.1. The standard InChI is InChI=1S/C8H7NO/c1-7(6-10)8-2-4-9-5-3-8/h2-5H,1H3. The topological polar surface area (TPSA) is 30.0 Å². The molecule has 0 radical (unpaired) electrons. The lowest BCUT2D eigenvalue weighted by Crippen LogP contribution is -1.78. The van der Waals surface area contributed by atoms with Crippen LogP contribution in [0.1, 0.15) is 12.5 Å². The highest BCUT2D eigenvalue weighted by Crippen LogP contribution is 2.06. The fourth-order valence-corrected chi connectivity index (χ4v) is 0.661. The van der Waals surface area contributed by atoms with Crippen molar-refractivity contribution in [2.24, 2.45) is 0 Å². The van der Waals surface area contributed by atoms with Gasteiger partial charge in [0, 0.05) is 18.0 Å². The van der Waals surface area contributed by atoms with Crippen LogP contribution in [-0.4, -0.2) is 10.9 Å². The molecule has 0 N–H and O–H groups in total. The third-order valence-corrected chi connectivity index (χ3v) is 1.27. The van der Waals surface area contributed by atoms with E-state index in [0.29, 0.717) is 5.57 Å². The van der Waals surface area contributed by atoms with E-state index in [1.807, 2.05) is 5.94 Å². The third-order valence-electron chi connectivity index (χ3n) is 1.27. The summed E-state index contributed by atoms with van der Waals surface area (Å²) < 4.78 is 0. The fraction of sp³-hybridized carbons (Fsp3) is 0.125. The van der Waals surface area contributed by atoms with Crippen molar-refractivity contribution in [2.75, 3.05) is 0 Å². The lowest BCUT2D eigenvalue weighted by atomic mass is 10.1. The summed E-state index contributed by atoms with van der Waals surface area (Å²) in [4.78, 5) is 13.9. The first-order chi connectivity index (χ1) is 4.84. The van der Waals surface area contributed by atoms with Gasteiger partial charge in [0.25, 0.3) is 0 Å². The van der Waals surface area contributed by atoms with Gasteiger partial charge in [-0.15, -0.1) is 0 Å². The molecular weight excluding hydrogens is 126 g/mol. The minimum absolute atomic E-state index is 0.613. The molecule has 50 valence electrons. The molecule has 2 heteroatoms. The van der Waals surface area contributed by atoms with Crippen LogP contribution >= 0.6 is 0 Å². The molecule has 0 saturated heterocycles. The van der Waals surface area contributed by atoms with Gasteiger partial charge in [0.15, 0.2) is 0 Å². The second-order valence-corrected chi connectivity index (χ2v) is 1.96. The predicted molar refractivity (Wildman–Crippen MR) is 39.0 cm³/mol. The number of hydrogen-bond acceptors (Lipinski definition) is 2. The Morgan fingerprint density at radius 1 is 1.50 bits per heavy atom. The van der Waals surface area contributed by atoms with Crippen molar-refractivity contribution in [2.45, 2.75) is 6.92 Å². The van der Waals surface area contributed by atoms with E-state index < -0.39 is 0 Å². The summed E-state index contributed by atoms with van der Waals surface area (Å²) in [6, 6.07) is 3.56. The first kappa shape index (κ1) is 6.72. The average Bonchev–Trinajstić information content (AvgIpc) is 2.05. The molecule has 0 aliphatic heterocycles. The molecule has 0 atom stereocenters. The van der Waals surface area contributed by atoms with Crippen LogP contribution in [0.3, 0.4) is 0 Å². The van der Waals surface area contributed by atoms with Crippen LogP contribution < -0.4 is 0 Å². The van der Waals surface area contributed by atoms with Gasteiger partial charge in [-0.05, 0) is 24.6 Å². The number of nitrogens with zero attached hydrogens (tertiary/aromatic N) is 1. The largest absolute Gasteiger partial charge is 0.265 e. The van der Waals surface area contributed by atoms with Crippen LogP contribution in [0.15, 0.2) is 24.5 Å². The maximum Gasteiger partial charge on any atom is 0.128 e. The Kier molecular flexibility index (Phi) is 1.98. The Balaban J connectivity index is 3.08. The van der Waals surface area contributed by atoms with Gasteiger partial charge in [0.05, 0.1) is 0 Å². The Morgan fingerprint density at radius 3 is 2.60 bits per heavy atom. The number of allylic oxidation sites excluding steroid dienone is 1. The zero-order valence-corrected chi connectivity index (χ0v) is 5.66. The SMILES string of the molecule is CC(=C=O)c1ccncc1. The van der Waals surface area contributed by atoms with Gasteiger partial charge >= 0.3 is 0 Å². The highest BCUT2D eigenvalue weighted by molar-refractivity contribution is 5.85. The van der Waals surface area contributed by atoms with Gasteiger partial charge in [-0.1, -0.05) is 0 Å². The first-order valence-corrected chi connectivity index (χ1v) is 2.96. The van der Waals surface area contributed by atoms with E-state index in [2.05, 4.69) is 4.98 Å². The van der Waals surface area contributed by atoms with E-state index in [-0.39, 0.29) is 0 Å². The van der Waals surface area contributed by atoms with Crippen LogP contribution in [0.5, 0.6) is 0 Å². The summed E-state index contributed by atoms with van der Waals surface area (Å²) in [5, 5.41) is 0. The molecule has 2 nitrogen and oxygen atoms in total. The van der Waals surface area contributed by atoms with Crippen LogP contribution in [-0.2, 0) is 4.79 Å². The predicted octanol–water partition coefficient (Wildman–Crippen LogP) is 1.32. The van der Waals surface area contributed by atoms with Crippen LogP contribution in [0, 0.1) is 0 Å². The molecule has 1 rings (SSSR count). The monoisotopic (exact) mass is 133 g/mol. The van der Waals surface area contributed by atoms with E-state index in [1.165, 1.54) is 0 Å². The van der Waals surface area contributed by atoms with Gasteiger partial charge < -0.3 is 0 Å². The van der Waals surface area contributed by atoms with Crippen molar-refractivity contribution in [1.82, 2.24) is 4.98 Å². The molecule has 1 aromatic heterocycles. The smallest absolute Gasteiger partial charge is 0.128 e. The Bertz CT molecular complexity index is 260. The van der Waals surface area contributed by atoms with E-state index in [4.69, 9.17) is 0 Å². The quantitative estimate of drug-likeness (QED) is 0.541. The van der Waals surface area contributed by atoms with Crippen LogP contribution in [0.25, 0.3) is 5.57 Å². The van der Waals surface area contributed by atoms with Gasteiger partial charge in [-0.25, -0.2) is 4.79 Å². The summed E-state index contributed by atoms with van der Waals surface area (Å²) in [7, 11) is 0. The van der Waals surface area contributed by atoms with Gasteiger partial charge in [0.2, 0.25) is 0 Å². The lowest BCUT2D eigenvalue weighted by Gasteiger charge is -1.91.